The molecule has 0 aliphatic heterocycles. The first-order valence-electron chi connectivity index (χ1n) is 7.85. The molecular weight excluding hydrogens is 354 g/mol. The molecule has 6 nitrogen and oxygen atoms in total. The van der Waals surface area contributed by atoms with E-state index in [0.717, 1.165) is 5.56 Å². The summed E-state index contributed by atoms with van der Waals surface area (Å²) in [5.74, 6) is 1.14. The van der Waals surface area contributed by atoms with Crippen LogP contribution in [0.15, 0.2) is 36.4 Å². The van der Waals surface area contributed by atoms with Gasteiger partial charge in [0.05, 0.1) is 31.4 Å². The first-order chi connectivity index (χ1) is 12.5. The Hall–Kier alpha value is -2.75. The van der Waals surface area contributed by atoms with Crippen LogP contribution in [0, 0.1) is 11.3 Å². The van der Waals surface area contributed by atoms with Crippen molar-refractivity contribution in [2.24, 2.45) is 0 Å². The average Bonchev–Trinajstić information content (AvgIpc) is 2.61. The van der Waals surface area contributed by atoms with Crippen LogP contribution in [0.2, 0.25) is 5.02 Å². The normalized spacial score (nSPS) is 10.3. The Morgan fingerprint density at radius 3 is 2.54 bits per heavy atom. The molecule has 2 aromatic rings. The first-order valence-corrected chi connectivity index (χ1v) is 8.23. The third-order valence-electron chi connectivity index (χ3n) is 3.69. The van der Waals surface area contributed by atoms with Gasteiger partial charge in [-0.2, -0.15) is 5.26 Å². The van der Waals surface area contributed by atoms with Crippen molar-refractivity contribution in [1.82, 2.24) is 4.90 Å². The molecule has 0 unspecified atom stereocenters. The van der Waals surface area contributed by atoms with Gasteiger partial charge in [-0.05, 0) is 42.9 Å². The molecule has 0 aliphatic rings. The fourth-order valence-corrected chi connectivity index (χ4v) is 2.70. The summed E-state index contributed by atoms with van der Waals surface area (Å²) in [6, 6.07) is 12.4. The van der Waals surface area contributed by atoms with Crippen LogP contribution in [0.1, 0.15) is 11.1 Å². The molecule has 0 spiro atoms. The van der Waals surface area contributed by atoms with Crippen LogP contribution in [0.3, 0.4) is 0 Å². The van der Waals surface area contributed by atoms with Gasteiger partial charge in [-0.3, -0.25) is 9.69 Å². The summed E-state index contributed by atoms with van der Waals surface area (Å²) in [5.41, 5.74) is 1.92. The molecular formula is C19H20ClN3O3. The van der Waals surface area contributed by atoms with Crippen molar-refractivity contribution >= 4 is 23.2 Å². The van der Waals surface area contributed by atoms with Crippen molar-refractivity contribution in [3.63, 3.8) is 0 Å². The molecule has 0 radical (unpaired) electrons. The number of carbonyl (C=O) groups is 1. The molecule has 1 N–H and O–H groups in total. The second kappa shape index (κ2) is 9.09. The summed E-state index contributed by atoms with van der Waals surface area (Å²) in [4.78, 5) is 14.1. The van der Waals surface area contributed by atoms with Crippen LogP contribution in [-0.2, 0) is 11.3 Å². The first kappa shape index (κ1) is 19.6. The number of rotatable bonds is 7. The number of ether oxygens (including phenoxy) is 2. The highest BCUT2D eigenvalue weighted by Crippen LogP contribution is 2.28. The van der Waals surface area contributed by atoms with E-state index in [1.807, 2.05) is 36.2 Å². The standard InChI is InChI=1S/C19H20ClN3O3/c1-23(11-13-4-7-17(25-2)18(8-13)26-3)12-19(24)22-15-6-5-14(10-21)16(20)9-15/h4-9H,11-12H2,1-3H3,(H,22,24). The average molecular weight is 374 g/mol. The van der Waals surface area contributed by atoms with E-state index < -0.39 is 0 Å². The van der Waals surface area contributed by atoms with Crippen molar-refractivity contribution < 1.29 is 14.3 Å². The largest absolute Gasteiger partial charge is 0.493 e. The maximum Gasteiger partial charge on any atom is 0.238 e. The number of anilines is 1. The second-order valence-electron chi connectivity index (χ2n) is 5.72. The van der Waals surface area contributed by atoms with Gasteiger partial charge in [0.25, 0.3) is 0 Å². The smallest absolute Gasteiger partial charge is 0.238 e. The lowest BCUT2D eigenvalue weighted by molar-refractivity contribution is -0.117. The third kappa shape index (κ3) is 5.12. The Labute approximate surface area is 157 Å². The van der Waals surface area contributed by atoms with Gasteiger partial charge in [0.1, 0.15) is 6.07 Å². The Bertz CT molecular complexity index is 833. The summed E-state index contributed by atoms with van der Waals surface area (Å²) in [5, 5.41) is 12.0. The van der Waals surface area contributed by atoms with Crippen LogP contribution in [0.4, 0.5) is 5.69 Å². The van der Waals surface area contributed by atoms with Crippen molar-refractivity contribution in [2.45, 2.75) is 6.54 Å². The molecule has 0 saturated carbocycles. The summed E-state index contributed by atoms with van der Waals surface area (Å²) >= 11 is 5.97. The minimum atomic E-state index is -0.172. The molecule has 136 valence electrons. The number of halogens is 1. The Morgan fingerprint density at radius 1 is 1.19 bits per heavy atom. The number of carbonyl (C=O) groups excluding carboxylic acids is 1. The van der Waals surface area contributed by atoms with Gasteiger partial charge in [0.2, 0.25) is 5.91 Å². The van der Waals surface area contributed by atoms with Crippen LogP contribution >= 0.6 is 11.6 Å². The van der Waals surface area contributed by atoms with Gasteiger partial charge >= 0.3 is 0 Å². The molecule has 0 fully saturated rings. The molecule has 0 bridgehead atoms. The van der Waals surface area contributed by atoms with Crippen molar-refractivity contribution in [2.75, 3.05) is 33.1 Å². The maximum atomic E-state index is 12.2. The zero-order valence-electron chi connectivity index (χ0n) is 14.9. The van der Waals surface area contributed by atoms with E-state index in [4.69, 9.17) is 26.3 Å². The summed E-state index contributed by atoms with van der Waals surface area (Å²) in [7, 11) is 5.02. The lowest BCUT2D eigenvalue weighted by Gasteiger charge is -2.17. The molecule has 7 heteroatoms. The molecule has 0 aromatic heterocycles. The van der Waals surface area contributed by atoms with Gasteiger partial charge in [0, 0.05) is 12.2 Å². The van der Waals surface area contributed by atoms with Crippen molar-refractivity contribution in [3.8, 4) is 17.6 Å². The minimum absolute atomic E-state index is 0.172. The molecule has 26 heavy (non-hydrogen) atoms. The van der Waals surface area contributed by atoms with E-state index in [-0.39, 0.29) is 12.5 Å². The van der Waals surface area contributed by atoms with E-state index in [0.29, 0.717) is 34.3 Å². The summed E-state index contributed by atoms with van der Waals surface area (Å²) in [6.07, 6.45) is 0. The molecule has 1 amide bonds. The molecule has 0 heterocycles. The number of hydrogen-bond acceptors (Lipinski definition) is 5. The topological polar surface area (TPSA) is 74.6 Å². The molecule has 0 saturated heterocycles. The van der Waals surface area contributed by atoms with Gasteiger partial charge in [-0.15, -0.1) is 0 Å². The number of methoxy groups -OCH3 is 2. The zero-order valence-corrected chi connectivity index (χ0v) is 15.6. The zero-order chi connectivity index (χ0) is 19.1. The minimum Gasteiger partial charge on any atom is -0.493 e. The van der Waals surface area contributed by atoms with Gasteiger partial charge in [-0.1, -0.05) is 17.7 Å². The SMILES string of the molecule is COc1ccc(CN(C)CC(=O)Nc2ccc(C#N)c(Cl)c2)cc1OC. The number of nitriles is 1. The van der Waals surface area contributed by atoms with E-state index >= 15 is 0 Å². The van der Waals surface area contributed by atoms with Crippen LogP contribution < -0.4 is 14.8 Å². The summed E-state index contributed by atoms with van der Waals surface area (Å²) in [6.45, 7) is 0.772. The van der Waals surface area contributed by atoms with E-state index in [1.54, 1.807) is 32.4 Å². The van der Waals surface area contributed by atoms with Crippen molar-refractivity contribution in [1.29, 1.82) is 5.26 Å². The fourth-order valence-electron chi connectivity index (χ4n) is 2.48. The highest BCUT2D eigenvalue weighted by Gasteiger charge is 2.11. The number of hydrogen-bond donors (Lipinski definition) is 1. The van der Waals surface area contributed by atoms with Crippen LogP contribution in [-0.4, -0.2) is 38.6 Å². The fraction of sp³-hybridized carbons (Fsp3) is 0.263. The van der Waals surface area contributed by atoms with E-state index in [2.05, 4.69) is 5.32 Å². The lowest BCUT2D eigenvalue weighted by Crippen LogP contribution is -2.29. The summed E-state index contributed by atoms with van der Waals surface area (Å²) < 4.78 is 10.5. The Morgan fingerprint density at radius 2 is 1.92 bits per heavy atom. The number of nitrogens with one attached hydrogen (secondary N) is 1. The van der Waals surface area contributed by atoms with Gasteiger partial charge < -0.3 is 14.8 Å². The van der Waals surface area contributed by atoms with Gasteiger partial charge in [-0.25, -0.2) is 0 Å². The lowest BCUT2D eigenvalue weighted by atomic mass is 10.2. The molecule has 2 rings (SSSR count). The second-order valence-corrected chi connectivity index (χ2v) is 6.12. The van der Waals surface area contributed by atoms with Crippen LogP contribution in [0.5, 0.6) is 11.5 Å². The third-order valence-corrected chi connectivity index (χ3v) is 4.00. The molecule has 2 aromatic carbocycles. The predicted molar refractivity (Wildman–Crippen MR) is 101 cm³/mol. The van der Waals surface area contributed by atoms with Gasteiger partial charge in [0.15, 0.2) is 11.5 Å². The number of amides is 1. The number of nitrogens with zero attached hydrogens (tertiary/aromatic N) is 2. The maximum absolute atomic E-state index is 12.2. The highest BCUT2D eigenvalue weighted by molar-refractivity contribution is 6.32. The number of benzene rings is 2. The van der Waals surface area contributed by atoms with E-state index in [9.17, 15) is 4.79 Å². The van der Waals surface area contributed by atoms with E-state index in [1.165, 1.54) is 0 Å². The monoisotopic (exact) mass is 373 g/mol. The highest BCUT2D eigenvalue weighted by atomic mass is 35.5. The quantitative estimate of drug-likeness (QED) is 0.806. The predicted octanol–water partition coefficient (Wildman–Crippen LogP) is 3.30. The molecule has 0 aliphatic carbocycles. The Balaban J connectivity index is 1.95. The van der Waals surface area contributed by atoms with Crippen LogP contribution in [0.25, 0.3) is 0 Å². The Kier molecular flexibility index (Phi) is 6.84. The number of likely N-dealkylation sites (N-methyl/N-ethyl adjacent to an activating group) is 1. The molecule has 0 atom stereocenters. The van der Waals surface area contributed by atoms with Crippen molar-refractivity contribution in [3.05, 3.63) is 52.5 Å².